The molecule has 0 fully saturated rings. The normalized spacial score (nSPS) is 17.3. The zero-order valence-electron chi connectivity index (χ0n) is 14.2. The van der Waals surface area contributed by atoms with Gasteiger partial charge in [-0.05, 0) is 45.3 Å². The molecule has 0 saturated carbocycles. The highest BCUT2D eigenvalue weighted by Crippen LogP contribution is 2.36. The third kappa shape index (κ3) is 6.51. The van der Waals surface area contributed by atoms with Gasteiger partial charge in [0, 0.05) is 6.04 Å². The minimum absolute atomic E-state index is 0.161. The fourth-order valence-electron chi connectivity index (χ4n) is 1.09. The van der Waals surface area contributed by atoms with Crippen molar-refractivity contribution in [3.8, 4) is 0 Å². The molecule has 0 aliphatic heterocycles. The molecule has 0 rings (SSSR count). The number of rotatable bonds is 6. The Bertz CT molecular complexity index is 306. The lowest BCUT2D eigenvalue weighted by atomic mass is 10.2. The van der Waals surface area contributed by atoms with Crippen molar-refractivity contribution in [2.45, 2.75) is 83.8 Å². The summed E-state index contributed by atoms with van der Waals surface area (Å²) in [6.07, 6.45) is 0.927. The van der Waals surface area contributed by atoms with Crippen LogP contribution in [0.5, 0.6) is 0 Å². The predicted octanol–water partition coefficient (Wildman–Crippen LogP) is 3.84. The number of nitrogens with one attached hydrogen (secondary N) is 1. The standard InChI is InChI=1S/C14H33NO2SSi/c1-10-12(15-18(16)13(2,3)4)11-17-19(8,9)14(5,6)7/h12,15H,10-11H2,1-9H3/t12-,18?/m1/s1. The van der Waals surface area contributed by atoms with E-state index in [2.05, 4.69) is 45.5 Å². The Kier molecular flexibility index (Phi) is 6.93. The maximum absolute atomic E-state index is 12.1. The monoisotopic (exact) mass is 307 g/mol. The second-order valence-electron chi connectivity index (χ2n) is 7.68. The molecule has 0 heterocycles. The number of hydrogen-bond donors (Lipinski definition) is 1. The summed E-state index contributed by atoms with van der Waals surface area (Å²) < 4.78 is 21.3. The van der Waals surface area contributed by atoms with Gasteiger partial charge in [0.15, 0.2) is 8.32 Å². The Hall–Kier alpha value is 0.287. The second kappa shape index (κ2) is 6.83. The molecule has 0 aromatic carbocycles. The quantitative estimate of drug-likeness (QED) is 0.757. The van der Waals surface area contributed by atoms with Crippen LogP contribution in [0.15, 0.2) is 0 Å². The van der Waals surface area contributed by atoms with Gasteiger partial charge in [0.05, 0.1) is 22.3 Å². The van der Waals surface area contributed by atoms with Crippen LogP contribution in [-0.2, 0) is 15.4 Å². The molecular weight excluding hydrogens is 274 g/mol. The third-order valence-corrected chi connectivity index (χ3v) is 9.93. The molecule has 0 aromatic heterocycles. The van der Waals surface area contributed by atoms with Crippen LogP contribution in [0, 0.1) is 0 Å². The van der Waals surface area contributed by atoms with Crippen LogP contribution in [0.2, 0.25) is 18.1 Å². The lowest BCUT2D eigenvalue weighted by Crippen LogP contribution is -2.47. The molecule has 0 aliphatic rings. The van der Waals surface area contributed by atoms with E-state index in [1.165, 1.54) is 0 Å². The Labute approximate surface area is 123 Å². The van der Waals surface area contributed by atoms with Gasteiger partial charge in [-0.25, -0.2) is 8.93 Å². The molecule has 3 nitrogen and oxygen atoms in total. The van der Waals surface area contributed by atoms with Gasteiger partial charge < -0.3 is 4.43 Å². The van der Waals surface area contributed by atoms with Crippen LogP contribution in [-0.4, -0.2) is 29.9 Å². The fourth-order valence-corrected chi connectivity index (χ4v) is 3.03. The van der Waals surface area contributed by atoms with E-state index in [9.17, 15) is 4.21 Å². The van der Waals surface area contributed by atoms with E-state index < -0.39 is 19.3 Å². The molecule has 2 atom stereocenters. The first-order chi connectivity index (χ1) is 8.31. The Morgan fingerprint density at radius 2 is 1.63 bits per heavy atom. The van der Waals surface area contributed by atoms with Gasteiger partial charge in [-0.3, -0.25) is 0 Å². The van der Waals surface area contributed by atoms with E-state index in [0.29, 0.717) is 6.61 Å². The Morgan fingerprint density at radius 3 is 1.95 bits per heavy atom. The summed E-state index contributed by atoms with van der Waals surface area (Å²) in [6, 6.07) is 0.161. The zero-order chi connectivity index (χ0) is 15.5. The zero-order valence-corrected chi connectivity index (χ0v) is 16.0. The minimum atomic E-state index is -1.72. The van der Waals surface area contributed by atoms with Crippen LogP contribution in [0.3, 0.4) is 0 Å². The first kappa shape index (κ1) is 19.3. The number of hydrogen-bond acceptors (Lipinski definition) is 2. The highest BCUT2D eigenvalue weighted by molar-refractivity contribution is 7.84. The van der Waals surface area contributed by atoms with Crippen LogP contribution in [0.1, 0.15) is 54.9 Å². The molecule has 116 valence electrons. The first-order valence-corrected chi connectivity index (χ1v) is 11.2. The van der Waals surface area contributed by atoms with Crippen LogP contribution in [0.4, 0.5) is 0 Å². The van der Waals surface area contributed by atoms with Gasteiger partial charge in [0.2, 0.25) is 0 Å². The highest BCUT2D eigenvalue weighted by atomic mass is 32.2. The summed E-state index contributed by atoms with van der Waals surface area (Å²) in [7, 11) is -2.75. The molecule has 0 amide bonds. The van der Waals surface area contributed by atoms with E-state index in [0.717, 1.165) is 6.42 Å². The van der Waals surface area contributed by atoms with E-state index in [1.807, 2.05) is 20.8 Å². The minimum Gasteiger partial charge on any atom is -0.415 e. The molecule has 0 aliphatic carbocycles. The van der Waals surface area contributed by atoms with E-state index in [1.54, 1.807) is 0 Å². The molecule has 1 N–H and O–H groups in total. The van der Waals surface area contributed by atoms with Gasteiger partial charge in [-0.15, -0.1) is 0 Å². The highest BCUT2D eigenvalue weighted by Gasteiger charge is 2.37. The third-order valence-electron chi connectivity index (χ3n) is 3.77. The van der Waals surface area contributed by atoms with Crippen LogP contribution >= 0.6 is 0 Å². The Balaban J connectivity index is 4.49. The lowest BCUT2D eigenvalue weighted by molar-refractivity contribution is 0.253. The summed E-state index contributed by atoms with van der Waals surface area (Å²) >= 11 is 0. The average Bonchev–Trinajstić information content (AvgIpc) is 2.20. The van der Waals surface area contributed by atoms with Crippen molar-refractivity contribution < 1.29 is 8.63 Å². The Morgan fingerprint density at radius 1 is 1.16 bits per heavy atom. The molecule has 0 bridgehead atoms. The summed E-state index contributed by atoms with van der Waals surface area (Å²) in [5, 5.41) is 0.217. The topological polar surface area (TPSA) is 38.3 Å². The van der Waals surface area contributed by atoms with E-state index in [4.69, 9.17) is 4.43 Å². The van der Waals surface area contributed by atoms with Crippen molar-refractivity contribution >= 4 is 19.3 Å². The van der Waals surface area contributed by atoms with Crippen LogP contribution < -0.4 is 4.72 Å². The molecule has 1 unspecified atom stereocenters. The molecule has 5 heteroatoms. The molecule has 19 heavy (non-hydrogen) atoms. The SMILES string of the molecule is CC[C@H](CO[Si](C)(C)C(C)(C)C)NS(=O)C(C)(C)C. The molecule has 0 radical (unpaired) electrons. The van der Waals surface area contributed by atoms with Gasteiger partial charge in [-0.2, -0.15) is 0 Å². The summed E-state index contributed by atoms with van der Waals surface area (Å²) in [5.74, 6) is 0. The summed E-state index contributed by atoms with van der Waals surface area (Å²) in [4.78, 5) is 0. The molecule has 0 spiro atoms. The van der Waals surface area contributed by atoms with E-state index >= 15 is 0 Å². The summed E-state index contributed by atoms with van der Waals surface area (Å²) in [6.45, 7) is 19.9. The van der Waals surface area contributed by atoms with Gasteiger partial charge in [0.25, 0.3) is 0 Å². The first-order valence-electron chi connectivity index (χ1n) is 7.13. The smallest absolute Gasteiger partial charge is 0.192 e. The van der Waals surface area contributed by atoms with Crippen LogP contribution in [0.25, 0.3) is 0 Å². The van der Waals surface area contributed by atoms with Gasteiger partial charge in [-0.1, -0.05) is 27.7 Å². The molecule has 0 saturated heterocycles. The molecule has 0 aromatic rings. The molecular formula is C14H33NO2SSi. The maximum atomic E-state index is 12.1. The van der Waals surface area contributed by atoms with Crippen molar-refractivity contribution in [1.29, 1.82) is 0 Å². The second-order valence-corrected chi connectivity index (χ2v) is 14.5. The summed E-state index contributed by atoms with van der Waals surface area (Å²) in [5.41, 5.74) is 0. The van der Waals surface area contributed by atoms with Crippen molar-refractivity contribution in [2.24, 2.45) is 0 Å². The van der Waals surface area contributed by atoms with E-state index in [-0.39, 0.29) is 15.8 Å². The largest absolute Gasteiger partial charge is 0.415 e. The van der Waals surface area contributed by atoms with Gasteiger partial charge >= 0.3 is 0 Å². The van der Waals surface area contributed by atoms with Crippen molar-refractivity contribution in [3.63, 3.8) is 0 Å². The van der Waals surface area contributed by atoms with Crippen molar-refractivity contribution in [1.82, 2.24) is 4.72 Å². The van der Waals surface area contributed by atoms with Crippen molar-refractivity contribution in [2.75, 3.05) is 6.61 Å². The lowest BCUT2D eigenvalue weighted by Gasteiger charge is -2.37. The average molecular weight is 308 g/mol. The predicted molar refractivity (Wildman–Crippen MR) is 88.3 cm³/mol. The van der Waals surface area contributed by atoms with Crippen molar-refractivity contribution in [3.05, 3.63) is 0 Å². The van der Waals surface area contributed by atoms with Gasteiger partial charge in [0.1, 0.15) is 0 Å². The maximum Gasteiger partial charge on any atom is 0.192 e. The fraction of sp³-hybridized carbons (Fsp3) is 1.00.